The summed E-state index contributed by atoms with van der Waals surface area (Å²) in [6.45, 7) is 8.15. The van der Waals surface area contributed by atoms with Crippen LogP contribution in [0.15, 0.2) is 23.9 Å². The highest BCUT2D eigenvalue weighted by atomic mass is 16.5. The molecule has 0 unspecified atom stereocenters. The lowest BCUT2D eigenvalue weighted by Crippen LogP contribution is -2.19. The number of aryl methyl sites for hydroxylation is 3. The topological polar surface area (TPSA) is 91.2 Å². The van der Waals surface area contributed by atoms with Crippen LogP contribution in [-0.2, 0) is 14.3 Å². The van der Waals surface area contributed by atoms with Gasteiger partial charge in [-0.25, -0.2) is 0 Å². The Bertz CT molecular complexity index is 664. The van der Waals surface area contributed by atoms with Gasteiger partial charge in [0, 0.05) is 18.4 Å². The van der Waals surface area contributed by atoms with Crippen LogP contribution in [-0.4, -0.2) is 25.0 Å². The summed E-state index contributed by atoms with van der Waals surface area (Å²) in [6.07, 6.45) is 1.48. The second kappa shape index (κ2) is 9.36. The average molecular weight is 329 g/mol. The molecule has 1 aromatic carbocycles. The molecule has 0 radical (unpaired) electrons. The molecular weight excluding hydrogens is 306 g/mol. The first-order chi connectivity index (χ1) is 11.4. The number of benzene rings is 1. The van der Waals surface area contributed by atoms with E-state index in [9.17, 15) is 9.59 Å². The minimum Gasteiger partial charge on any atom is -0.466 e. The molecule has 0 aliphatic carbocycles. The monoisotopic (exact) mass is 329 g/mol. The highest BCUT2D eigenvalue weighted by Gasteiger charge is 2.12. The quantitative estimate of drug-likeness (QED) is 0.347. The lowest BCUT2D eigenvalue weighted by Gasteiger charge is -2.12. The minimum absolute atomic E-state index is 0.0572. The van der Waals surface area contributed by atoms with E-state index in [1.165, 1.54) is 6.20 Å². The van der Waals surface area contributed by atoms with Crippen LogP contribution in [0.25, 0.3) is 0 Å². The van der Waals surface area contributed by atoms with E-state index in [4.69, 9.17) is 10.00 Å². The van der Waals surface area contributed by atoms with Crippen LogP contribution in [0.3, 0.4) is 0 Å². The Labute approximate surface area is 142 Å². The second-order valence-corrected chi connectivity index (χ2v) is 5.41. The van der Waals surface area contributed by atoms with Gasteiger partial charge in [-0.2, -0.15) is 5.26 Å². The molecule has 2 N–H and O–H groups in total. The molecule has 24 heavy (non-hydrogen) atoms. The van der Waals surface area contributed by atoms with Gasteiger partial charge in [0.15, 0.2) is 0 Å². The van der Waals surface area contributed by atoms with E-state index in [0.29, 0.717) is 18.8 Å². The molecular formula is C18H23N3O3. The number of esters is 1. The summed E-state index contributed by atoms with van der Waals surface area (Å²) in [7, 11) is 0. The molecule has 1 rings (SSSR count). The molecule has 0 fully saturated rings. The number of anilines is 1. The molecule has 0 aromatic heterocycles. The smallest absolute Gasteiger partial charge is 0.307 e. The van der Waals surface area contributed by atoms with Gasteiger partial charge in [0.2, 0.25) is 0 Å². The second-order valence-electron chi connectivity index (χ2n) is 5.41. The Hall–Kier alpha value is -2.81. The number of ether oxygens (including phenoxy) is 1. The van der Waals surface area contributed by atoms with Crippen molar-refractivity contribution in [2.45, 2.75) is 34.1 Å². The van der Waals surface area contributed by atoms with Crippen LogP contribution in [0.5, 0.6) is 0 Å². The molecule has 1 amide bonds. The summed E-state index contributed by atoms with van der Waals surface area (Å²) < 4.78 is 4.79. The molecule has 0 atom stereocenters. The van der Waals surface area contributed by atoms with Gasteiger partial charge < -0.3 is 15.4 Å². The summed E-state index contributed by atoms with van der Waals surface area (Å²) >= 11 is 0. The van der Waals surface area contributed by atoms with Gasteiger partial charge in [-0.3, -0.25) is 9.59 Å². The number of amides is 1. The molecule has 0 heterocycles. The molecule has 0 aliphatic heterocycles. The van der Waals surface area contributed by atoms with Crippen LogP contribution in [0.1, 0.15) is 30.0 Å². The maximum absolute atomic E-state index is 12.2. The van der Waals surface area contributed by atoms with Gasteiger partial charge in [-0.1, -0.05) is 17.7 Å². The number of rotatable bonds is 7. The number of hydrogen-bond acceptors (Lipinski definition) is 5. The third-order valence-electron chi connectivity index (χ3n) is 3.31. The van der Waals surface area contributed by atoms with Crippen molar-refractivity contribution in [1.29, 1.82) is 5.26 Å². The SMILES string of the molecule is CCOC(=O)CCN/C=C(/C#N)C(=O)Nc1c(C)cc(C)cc1C. The van der Waals surface area contributed by atoms with Gasteiger partial charge in [-0.15, -0.1) is 0 Å². The number of nitriles is 1. The van der Waals surface area contributed by atoms with Crippen molar-refractivity contribution in [3.8, 4) is 6.07 Å². The number of nitrogens with zero attached hydrogens (tertiary/aromatic N) is 1. The van der Waals surface area contributed by atoms with Crippen LogP contribution in [0, 0.1) is 32.1 Å². The zero-order valence-electron chi connectivity index (χ0n) is 14.5. The third-order valence-corrected chi connectivity index (χ3v) is 3.31. The van der Waals surface area contributed by atoms with E-state index in [2.05, 4.69) is 10.6 Å². The van der Waals surface area contributed by atoms with Crippen LogP contribution < -0.4 is 10.6 Å². The molecule has 0 spiro atoms. The number of nitrogens with one attached hydrogen (secondary N) is 2. The predicted molar refractivity (Wildman–Crippen MR) is 92.2 cm³/mol. The van der Waals surface area contributed by atoms with E-state index < -0.39 is 5.91 Å². The Morgan fingerprint density at radius 3 is 2.42 bits per heavy atom. The Kier molecular flexibility index (Phi) is 7.50. The maximum atomic E-state index is 12.2. The first kappa shape index (κ1) is 19.2. The Morgan fingerprint density at radius 2 is 1.88 bits per heavy atom. The molecule has 0 aliphatic rings. The largest absolute Gasteiger partial charge is 0.466 e. The first-order valence-corrected chi connectivity index (χ1v) is 7.77. The lowest BCUT2D eigenvalue weighted by molar-refractivity contribution is -0.142. The van der Waals surface area contributed by atoms with E-state index in [1.54, 1.807) is 6.92 Å². The van der Waals surface area contributed by atoms with E-state index >= 15 is 0 Å². The lowest BCUT2D eigenvalue weighted by atomic mass is 10.0. The van der Waals surface area contributed by atoms with Crippen LogP contribution >= 0.6 is 0 Å². The average Bonchev–Trinajstić information content (AvgIpc) is 2.51. The Balaban J connectivity index is 2.69. The molecule has 0 saturated carbocycles. The van der Waals surface area contributed by atoms with Gasteiger partial charge in [-0.05, 0) is 38.8 Å². The fourth-order valence-electron chi connectivity index (χ4n) is 2.29. The van der Waals surface area contributed by atoms with Crippen LogP contribution in [0.4, 0.5) is 5.69 Å². The zero-order chi connectivity index (χ0) is 18.1. The fraction of sp³-hybridized carbons (Fsp3) is 0.389. The maximum Gasteiger partial charge on any atom is 0.307 e. The Morgan fingerprint density at radius 1 is 1.25 bits per heavy atom. The van der Waals surface area contributed by atoms with Crippen molar-refractivity contribution < 1.29 is 14.3 Å². The normalized spacial score (nSPS) is 10.7. The summed E-state index contributed by atoms with van der Waals surface area (Å²) in [6, 6.07) is 5.79. The van der Waals surface area contributed by atoms with Crippen molar-refractivity contribution in [3.63, 3.8) is 0 Å². The van der Waals surface area contributed by atoms with Crippen molar-refractivity contribution >= 4 is 17.6 Å². The summed E-state index contributed by atoms with van der Waals surface area (Å²) in [4.78, 5) is 23.4. The predicted octanol–water partition coefficient (Wildman–Crippen LogP) is 2.50. The van der Waals surface area contributed by atoms with Gasteiger partial charge in [0.05, 0.1) is 13.0 Å². The summed E-state index contributed by atoms with van der Waals surface area (Å²) in [5.41, 5.74) is 3.64. The van der Waals surface area contributed by atoms with Crippen molar-refractivity contribution in [1.82, 2.24) is 5.32 Å². The molecule has 128 valence electrons. The van der Waals surface area contributed by atoms with E-state index in [0.717, 1.165) is 16.7 Å². The molecule has 1 aromatic rings. The zero-order valence-corrected chi connectivity index (χ0v) is 14.5. The molecule has 0 saturated heterocycles. The van der Waals surface area contributed by atoms with Gasteiger partial charge in [0.1, 0.15) is 11.6 Å². The number of carbonyl (C=O) groups excluding carboxylic acids is 2. The van der Waals surface area contributed by atoms with Gasteiger partial charge in [0.25, 0.3) is 5.91 Å². The summed E-state index contributed by atoms with van der Waals surface area (Å²) in [5.74, 6) is -0.816. The molecule has 0 bridgehead atoms. The highest BCUT2D eigenvalue weighted by Crippen LogP contribution is 2.22. The first-order valence-electron chi connectivity index (χ1n) is 7.77. The molecule has 6 heteroatoms. The van der Waals surface area contributed by atoms with Crippen LogP contribution in [0.2, 0.25) is 0 Å². The minimum atomic E-state index is -0.490. The third kappa shape index (κ3) is 5.76. The van der Waals surface area contributed by atoms with Gasteiger partial charge >= 0.3 is 5.97 Å². The number of carbonyl (C=O) groups is 2. The highest BCUT2D eigenvalue weighted by molar-refractivity contribution is 6.07. The van der Waals surface area contributed by atoms with Crippen molar-refractivity contribution in [2.24, 2.45) is 0 Å². The molecule has 6 nitrogen and oxygen atoms in total. The van der Waals surface area contributed by atoms with Crippen molar-refractivity contribution in [2.75, 3.05) is 18.5 Å². The van der Waals surface area contributed by atoms with Crippen molar-refractivity contribution in [3.05, 3.63) is 40.6 Å². The standard InChI is InChI=1S/C18H23N3O3/c1-5-24-16(22)6-7-20-11-15(10-19)18(23)21-17-13(3)8-12(2)9-14(17)4/h8-9,11,20H,5-7H2,1-4H3,(H,21,23)/b15-11-. The van der Waals surface area contributed by atoms with E-state index in [-0.39, 0.29) is 18.0 Å². The van der Waals surface area contributed by atoms with E-state index in [1.807, 2.05) is 39.0 Å². The fourth-order valence-corrected chi connectivity index (χ4v) is 2.29. The summed E-state index contributed by atoms with van der Waals surface area (Å²) in [5, 5.41) is 14.7. The number of hydrogen-bond donors (Lipinski definition) is 2.